The molecule has 1 aromatic heterocycles. The molecule has 1 heterocycles. The van der Waals surface area contributed by atoms with Crippen molar-refractivity contribution in [1.29, 1.82) is 0 Å². The second-order valence-electron chi connectivity index (χ2n) is 4.15. The fourth-order valence-electron chi connectivity index (χ4n) is 1.77. The Morgan fingerprint density at radius 1 is 1.53 bits per heavy atom. The molecule has 4 heteroatoms. The highest BCUT2D eigenvalue weighted by atomic mass is 16.4. The van der Waals surface area contributed by atoms with E-state index < -0.39 is 12.1 Å². The van der Waals surface area contributed by atoms with Crippen molar-refractivity contribution in [3.63, 3.8) is 0 Å². The second kappa shape index (κ2) is 3.70. The highest BCUT2D eigenvalue weighted by Crippen LogP contribution is 2.42. The summed E-state index contributed by atoms with van der Waals surface area (Å²) >= 11 is 0. The lowest BCUT2D eigenvalue weighted by Crippen LogP contribution is -2.10. The van der Waals surface area contributed by atoms with Gasteiger partial charge in [-0.25, -0.2) is 4.79 Å². The molecule has 0 aromatic carbocycles. The average Bonchev–Trinajstić information content (AvgIpc) is 2.93. The number of furan rings is 1. The second-order valence-corrected chi connectivity index (χ2v) is 4.15. The van der Waals surface area contributed by atoms with Gasteiger partial charge in [0, 0.05) is 0 Å². The molecule has 1 saturated carbocycles. The molecule has 2 N–H and O–H groups in total. The van der Waals surface area contributed by atoms with Crippen LogP contribution in [0.25, 0.3) is 0 Å². The van der Waals surface area contributed by atoms with E-state index in [0.29, 0.717) is 11.7 Å². The lowest BCUT2D eigenvalue weighted by molar-refractivity contribution is 0.0620. The van der Waals surface area contributed by atoms with E-state index >= 15 is 0 Å². The zero-order valence-corrected chi connectivity index (χ0v) is 8.51. The van der Waals surface area contributed by atoms with Crippen molar-refractivity contribution in [3.8, 4) is 0 Å². The molecule has 0 aliphatic heterocycles. The van der Waals surface area contributed by atoms with Crippen LogP contribution in [0.4, 0.5) is 0 Å². The first-order valence-electron chi connectivity index (χ1n) is 5.10. The Hall–Kier alpha value is -1.29. The van der Waals surface area contributed by atoms with Crippen LogP contribution in [0.3, 0.4) is 0 Å². The number of aliphatic hydroxyl groups is 1. The monoisotopic (exact) mass is 210 g/mol. The van der Waals surface area contributed by atoms with Crippen molar-refractivity contribution in [2.75, 3.05) is 0 Å². The summed E-state index contributed by atoms with van der Waals surface area (Å²) in [6.07, 6.45) is 1.60. The standard InChI is InChI=1S/C11H14O4/c1-6(7-2-3-7)10(12)8-4-5-9(15-8)11(13)14/h4-7,10,12H,2-3H2,1H3,(H,13,14). The molecule has 0 amide bonds. The van der Waals surface area contributed by atoms with Crippen LogP contribution in [0.2, 0.25) is 0 Å². The van der Waals surface area contributed by atoms with Gasteiger partial charge in [-0.15, -0.1) is 0 Å². The smallest absolute Gasteiger partial charge is 0.371 e. The summed E-state index contributed by atoms with van der Waals surface area (Å²) in [4.78, 5) is 10.6. The van der Waals surface area contributed by atoms with Crippen LogP contribution in [-0.4, -0.2) is 16.2 Å². The largest absolute Gasteiger partial charge is 0.475 e. The number of aliphatic hydroxyl groups excluding tert-OH is 1. The predicted octanol–water partition coefficient (Wildman–Crippen LogP) is 2.06. The Bertz CT molecular complexity index is 364. The van der Waals surface area contributed by atoms with E-state index in [1.54, 1.807) is 0 Å². The van der Waals surface area contributed by atoms with Gasteiger partial charge < -0.3 is 14.6 Å². The van der Waals surface area contributed by atoms with E-state index in [-0.39, 0.29) is 11.7 Å². The fraction of sp³-hybridized carbons (Fsp3) is 0.545. The number of aromatic carboxylic acids is 1. The van der Waals surface area contributed by atoms with Crippen LogP contribution in [-0.2, 0) is 0 Å². The fourth-order valence-corrected chi connectivity index (χ4v) is 1.77. The summed E-state index contributed by atoms with van der Waals surface area (Å²) in [5.41, 5.74) is 0. The zero-order chi connectivity index (χ0) is 11.0. The van der Waals surface area contributed by atoms with E-state index in [1.807, 2.05) is 6.92 Å². The van der Waals surface area contributed by atoms with Crippen LogP contribution in [0.15, 0.2) is 16.5 Å². The van der Waals surface area contributed by atoms with Gasteiger partial charge in [0.15, 0.2) is 0 Å². The maximum Gasteiger partial charge on any atom is 0.371 e. The van der Waals surface area contributed by atoms with E-state index in [9.17, 15) is 9.90 Å². The Kier molecular flexibility index (Phi) is 2.52. The topological polar surface area (TPSA) is 70.7 Å². The molecule has 1 aliphatic carbocycles. The molecule has 4 nitrogen and oxygen atoms in total. The zero-order valence-electron chi connectivity index (χ0n) is 8.51. The predicted molar refractivity (Wildman–Crippen MR) is 52.5 cm³/mol. The average molecular weight is 210 g/mol. The first-order chi connectivity index (χ1) is 7.09. The number of hydrogen-bond donors (Lipinski definition) is 2. The van der Waals surface area contributed by atoms with Gasteiger partial charge in [-0.2, -0.15) is 0 Å². The lowest BCUT2D eigenvalue weighted by Gasteiger charge is -2.15. The van der Waals surface area contributed by atoms with Gasteiger partial charge in [-0.3, -0.25) is 0 Å². The van der Waals surface area contributed by atoms with Gasteiger partial charge >= 0.3 is 5.97 Å². The maximum atomic E-state index is 10.6. The Morgan fingerprint density at radius 3 is 2.67 bits per heavy atom. The SMILES string of the molecule is CC(C1CC1)C(O)c1ccc(C(=O)O)o1. The van der Waals surface area contributed by atoms with Gasteiger partial charge in [-0.1, -0.05) is 6.92 Å². The molecule has 0 saturated heterocycles. The highest BCUT2D eigenvalue weighted by Gasteiger charge is 2.34. The molecule has 2 atom stereocenters. The van der Waals surface area contributed by atoms with E-state index in [2.05, 4.69) is 0 Å². The van der Waals surface area contributed by atoms with Crippen molar-refractivity contribution in [2.45, 2.75) is 25.9 Å². The van der Waals surface area contributed by atoms with E-state index in [1.165, 1.54) is 12.1 Å². The molecule has 1 aromatic rings. The van der Waals surface area contributed by atoms with Crippen LogP contribution >= 0.6 is 0 Å². The summed E-state index contributed by atoms with van der Waals surface area (Å²) in [5.74, 6) is -0.178. The third-order valence-corrected chi connectivity index (χ3v) is 2.99. The maximum absolute atomic E-state index is 10.6. The van der Waals surface area contributed by atoms with Crippen molar-refractivity contribution < 1.29 is 19.4 Å². The molecule has 0 radical (unpaired) electrons. The van der Waals surface area contributed by atoms with Crippen molar-refractivity contribution >= 4 is 5.97 Å². The summed E-state index contributed by atoms with van der Waals surface area (Å²) in [6, 6.07) is 2.91. The number of rotatable bonds is 4. The van der Waals surface area contributed by atoms with Crippen LogP contribution in [0.1, 0.15) is 42.2 Å². The Balaban J connectivity index is 2.10. The summed E-state index contributed by atoms with van der Waals surface area (Å²) in [6.45, 7) is 1.96. The van der Waals surface area contributed by atoms with Gasteiger partial charge in [0.05, 0.1) is 0 Å². The van der Waals surface area contributed by atoms with Crippen molar-refractivity contribution in [3.05, 3.63) is 23.7 Å². The third-order valence-electron chi connectivity index (χ3n) is 2.99. The lowest BCUT2D eigenvalue weighted by atomic mass is 9.98. The van der Waals surface area contributed by atoms with Crippen molar-refractivity contribution in [2.24, 2.45) is 11.8 Å². The minimum absolute atomic E-state index is 0.118. The minimum atomic E-state index is -1.10. The Labute approximate surface area is 87.5 Å². The number of carbonyl (C=O) groups is 1. The molecular weight excluding hydrogens is 196 g/mol. The first kappa shape index (κ1) is 10.2. The number of carboxylic acids is 1. The summed E-state index contributed by atoms with van der Waals surface area (Å²) in [7, 11) is 0. The molecule has 2 unspecified atom stereocenters. The molecule has 2 rings (SSSR count). The number of hydrogen-bond acceptors (Lipinski definition) is 3. The molecule has 82 valence electrons. The van der Waals surface area contributed by atoms with Crippen molar-refractivity contribution in [1.82, 2.24) is 0 Å². The Morgan fingerprint density at radius 2 is 2.20 bits per heavy atom. The minimum Gasteiger partial charge on any atom is -0.475 e. The molecule has 0 bridgehead atoms. The van der Waals surface area contributed by atoms with Crippen LogP contribution in [0, 0.1) is 11.8 Å². The van der Waals surface area contributed by atoms with Gasteiger partial charge in [0.25, 0.3) is 0 Å². The van der Waals surface area contributed by atoms with Gasteiger partial charge in [-0.05, 0) is 36.8 Å². The normalized spacial score (nSPS) is 19.9. The number of carboxylic acid groups (broad SMARTS) is 1. The summed E-state index contributed by atoms with van der Waals surface area (Å²) in [5, 5.41) is 18.6. The molecule has 0 spiro atoms. The highest BCUT2D eigenvalue weighted by molar-refractivity contribution is 5.84. The van der Waals surface area contributed by atoms with Gasteiger partial charge in [0.2, 0.25) is 5.76 Å². The quantitative estimate of drug-likeness (QED) is 0.797. The van der Waals surface area contributed by atoms with Crippen LogP contribution in [0.5, 0.6) is 0 Å². The third kappa shape index (κ3) is 2.04. The molecule has 15 heavy (non-hydrogen) atoms. The van der Waals surface area contributed by atoms with E-state index in [4.69, 9.17) is 9.52 Å². The molecule has 1 aliphatic rings. The molecule has 1 fully saturated rings. The van der Waals surface area contributed by atoms with Gasteiger partial charge in [0.1, 0.15) is 11.9 Å². The molecular formula is C11H14O4. The summed E-state index contributed by atoms with van der Waals surface area (Å²) < 4.78 is 5.06. The first-order valence-corrected chi connectivity index (χ1v) is 5.10. The van der Waals surface area contributed by atoms with E-state index in [0.717, 1.165) is 12.8 Å². The van der Waals surface area contributed by atoms with Crippen LogP contribution < -0.4 is 0 Å².